The van der Waals surface area contributed by atoms with Crippen LogP contribution in [-0.4, -0.2) is 65.4 Å². The van der Waals surface area contributed by atoms with Crippen molar-refractivity contribution in [3.63, 3.8) is 0 Å². The molecule has 1 aliphatic heterocycles. The lowest BCUT2D eigenvalue weighted by atomic mass is 10.1. The first kappa shape index (κ1) is 17.4. The molecule has 1 aromatic carbocycles. The zero-order valence-corrected chi connectivity index (χ0v) is 14.6. The number of pyridine rings is 2. The molecule has 3 aromatic rings. The minimum Gasteiger partial charge on any atom is -0.506 e. The van der Waals surface area contributed by atoms with Crippen LogP contribution in [0.1, 0.15) is 10.4 Å². The first-order valence-electron chi connectivity index (χ1n) is 8.74. The Morgan fingerprint density at radius 2 is 2.15 bits per heavy atom. The SMILES string of the molecule is O=C(OCCN1CCOCC1)c1c[nH]c2c(ccc3cc(=O)cnc32)c1O. The summed E-state index contributed by atoms with van der Waals surface area (Å²) in [6, 6.07) is 4.81. The lowest BCUT2D eigenvalue weighted by molar-refractivity contribution is 0.0194. The van der Waals surface area contributed by atoms with Gasteiger partial charge in [0.2, 0.25) is 0 Å². The van der Waals surface area contributed by atoms with E-state index < -0.39 is 5.97 Å². The van der Waals surface area contributed by atoms with Crippen molar-refractivity contribution in [3.8, 4) is 5.75 Å². The van der Waals surface area contributed by atoms with Crippen LogP contribution in [0.4, 0.5) is 0 Å². The van der Waals surface area contributed by atoms with Gasteiger partial charge in [-0.2, -0.15) is 0 Å². The first-order valence-corrected chi connectivity index (χ1v) is 8.74. The highest BCUT2D eigenvalue weighted by molar-refractivity contribution is 6.08. The maximum atomic E-state index is 12.4. The molecule has 0 radical (unpaired) electrons. The summed E-state index contributed by atoms with van der Waals surface area (Å²) in [5.74, 6) is -0.767. The monoisotopic (exact) mass is 369 g/mol. The lowest BCUT2D eigenvalue weighted by Gasteiger charge is -2.26. The number of fused-ring (bicyclic) bond motifs is 3. The highest BCUT2D eigenvalue weighted by Crippen LogP contribution is 2.31. The van der Waals surface area contributed by atoms with E-state index in [4.69, 9.17) is 9.47 Å². The first-order chi connectivity index (χ1) is 13.1. The fraction of sp³-hybridized carbons (Fsp3) is 0.316. The smallest absolute Gasteiger partial charge is 0.343 e. The average molecular weight is 369 g/mol. The lowest BCUT2D eigenvalue weighted by Crippen LogP contribution is -2.38. The number of ether oxygens (including phenoxy) is 2. The topological polar surface area (TPSA) is 105 Å². The predicted octanol–water partition coefficient (Wildman–Crippen LogP) is 1.27. The van der Waals surface area contributed by atoms with E-state index >= 15 is 0 Å². The van der Waals surface area contributed by atoms with Crippen molar-refractivity contribution in [1.82, 2.24) is 14.9 Å². The molecule has 4 rings (SSSR count). The Labute approximate surface area is 154 Å². The summed E-state index contributed by atoms with van der Waals surface area (Å²) < 4.78 is 10.6. The molecule has 1 aliphatic rings. The Morgan fingerprint density at radius 3 is 2.96 bits per heavy atom. The highest BCUT2D eigenvalue weighted by atomic mass is 16.5. The van der Waals surface area contributed by atoms with Crippen LogP contribution in [-0.2, 0) is 9.47 Å². The molecule has 0 bridgehead atoms. The number of hydrogen-bond donors (Lipinski definition) is 2. The van der Waals surface area contributed by atoms with Gasteiger partial charge in [-0.1, -0.05) is 6.07 Å². The quantitative estimate of drug-likeness (QED) is 0.527. The van der Waals surface area contributed by atoms with E-state index in [2.05, 4.69) is 14.9 Å². The standard InChI is InChI=1S/C19H19N3O5/c23-13-9-12-1-2-14-17(16(12)20-10-13)21-11-15(18(14)24)19(25)27-8-5-22-3-6-26-7-4-22/h1-2,9-11,21,24H,3-8H2. The zero-order valence-electron chi connectivity index (χ0n) is 14.6. The number of rotatable bonds is 4. The molecule has 0 unspecified atom stereocenters. The van der Waals surface area contributed by atoms with Gasteiger partial charge in [0.05, 0.1) is 30.4 Å². The van der Waals surface area contributed by atoms with Gasteiger partial charge >= 0.3 is 5.97 Å². The molecule has 0 aliphatic carbocycles. The van der Waals surface area contributed by atoms with Crippen LogP contribution in [0.3, 0.4) is 0 Å². The van der Waals surface area contributed by atoms with Crippen LogP contribution in [0.5, 0.6) is 5.75 Å². The van der Waals surface area contributed by atoms with Crippen LogP contribution in [0, 0.1) is 0 Å². The molecule has 27 heavy (non-hydrogen) atoms. The summed E-state index contributed by atoms with van der Waals surface area (Å²) in [6.45, 7) is 3.87. The normalized spacial score (nSPS) is 15.3. The Bertz CT molecular complexity index is 1060. The number of aromatic hydroxyl groups is 1. The maximum Gasteiger partial charge on any atom is 0.343 e. The van der Waals surface area contributed by atoms with E-state index in [-0.39, 0.29) is 23.3 Å². The number of carbonyl (C=O) groups is 1. The fourth-order valence-electron chi connectivity index (χ4n) is 3.21. The number of aromatic nitrogens is 2. The van der Waals surface area contributed by atoms with Gasteiger partial charge in [0.1, 0.15) is 17.9 Å². The summed E-state index contributed by atoms with van der Waals surface area (Å²) in [6.07, 6.45) is 2.63. The molecular weight excluding hydrogens is 350 g/mol. The Kier molecular flexibility index (Phi) is 4.74. The summed E-state index contributed by atoms with van der Waals surface area (Å²) in [5, 5.41) is 11.6. The van der Waals surface area contributed by atoms with Gasteiger partial charge < -0.3 is 19.6 Å². The van der Waals surface area contributed by atoms with E-state index in [1.807, 2.05) is 0 Å². The van der Waals surface area contributed by atoms with Crippen LogP contribution < -0.4 is 5.43 Å². The van der Waals surface area contributed by atoms with E-state index in [0.29, 0.717) is 41.6 Å². The molecule has 8 nitrogen and oxygen atoms in total. The minimum atomic E-state index is -0.595. The summed E-state index contributed by atoms with van der Waals surface area (Å²) in [4.78, 5) is 33.1. The third-order valence-electron chi connectivity index (χ3n) is 4.66. The van der Waals surface area contributed by atoms with Gasteiger partial charge in [-0.3, -0.25) is 9.69 Å². The van der Waals surface area contributed by atoms with E-state index in [1.165, 1.54) is 18.5 Å². The number of morpholine rings is 1. The third kappa shape index (κ3) is 3.49. The molecule has 8 heteroatoms. The van der Waals surface area contributed by atoms with Crippen molar-refractivity contribution in [2.45, 2.75) is 0 Å². The van der Waals surface area contributed by atoms with Crippen LogP contribution in [0.15, 0.2) is 35.4 Å². The average Bonchev–Trinajstić information content (AvgIpc) is 2.68. The van der Waals surface area contributed by atoms with Gasteiger partial charge in [0.25, 0.3) is 0 Å². The minimum absolute atomic E-state index is 0.0595. The maximum absolute atomic E-state index is 12.4. The van der Waals surface area contributed by atoms with Crippen molar-refractivity contribution < 1.29 is 19.4 Å². The fourth-order valence-corrected chi connectivity index (χ4v) is 3.21. The number of nitrogens with one attached hydrogen (secondary N) is 1. The molecule has 0 saturated carbocycles. The second-order valence-electron chi connectivity index (χ2n) is 6.37. The van der Waals surface area contributed by atoms with Crippen molar-refractivity contribution in [2.75, 3.05) is 39.5 Å². The van der Waals surface area contributed by atoms with Crippen LogP contribution in [0.2, 0.25) is 0 Å². The summed E-state index contributed by atoms with van der Waals surface area (Å²) in [5.41, 5.74) is 0.973. The molecule has 0 atom stereocenters. The van der Waals surface area contributed by atoms with Crippen molar-refractivity contribution in [3.05, 3.63) is 46.4 Å². The van der Waals surface area contributed by atoms with Crippen LogP contribution in [0.25, 0.3) is 21.8 Å². The molecule has 3 heterocycles. The van der Waals surface area contributed by atoms with E-state index in [0.717, 1.165) is 13.1 Å². The number of aromatic amines is 1. The van der Waals surface area contributed by atoms with E-state index in [9.17, 15) is 14.7 Å². The highest BCUT2D eigenvalue weighted by Gasteiger charge is 2.18. The number of benzene rings is 1. The number of nitrogens with zero attached hydrogens (tertiary/aromatic N) is 2. The molecule has 2 aromatic heterocycles. The van der Waals surface area contributed by atoms with Gasteiger partial charge in [-0.05, 0) is 12.1 Å². The molecule has 0 amide bonds. The third-order valence-corrected chi connectivity index (χ3v) is 4.66. The Balaban J connectivity index is 1.55. The zero-order chi connectivity index (χ0) is 18.8. The summed E-state index contributed by atoms with van der Waals surface area (Å²) in [7, 11) is 0. The van der Waals surface area contributed by atoms with Crippen molar-refractivity contribution >= 4 is 27.8 Å². The van der Waals surface area contributed by atoms with Gasteiger partial charge in [-0.25, -0.2) is 9.78 Å². The van der Waals surface area contributed by atoms with Crippen molar-refractivity contribution in [2.24, 2.45) is 0 Å². The number of H-pyrrole nitrogens is 1. The Hall–Kier alpha value is -2.97. The van der Waals surface area contributed by atoms with Gasteiger partial charge in [0.15, 0.2) is 5.43 Å². The van der Waals surface area contributed by atoms with Gasteiger partial charge in [0, 0.05) is 36.6 Å². The van der Waals surface area contributed by atoms with Crippen LogP contribution >= 0.6 is 0 Å². The largest absolute Gasteiger partial charge is 0.506 e. The molecule has 0 spiro atoms. The second kappa shape index (κ2) is 7.34. The predicted molar refractivity (Wildman–Crippen MR) is 99.1 cm³/mol. The van der Waals surface area contributed by atoms with Gasteiger partial charge in [-0.15, -0.1) is 0 Å². The number of carbonyl (C=O) groups excluding carboxylic acids is 1. The molecular formula is C19H19N3O5. The Morgan fingerprint density at radius 1 is 1.33 bits per heavy atom. The number of hydrogen-bond acceptors (Lipinski definition) is 7. The molecule has 140 valence electrons. The van der Waals surface area contributed by atoms with Crippen molar-refractivity contribution in [1.29, 1.82) is 0 Å². The molecule has 2 N–H and O–H groups in total. The number of esters is 1. The van der Waals surface area contributed by atoms with E-state index in [1.54, 1.807) is 12.1 Å². The summed E-state index contributed by atoms with van der Waals surface area (Å²) >= 11 is 0. The molecule has 1 fully saturated rings. The second-order valence-corrected chi connectivity index (χ2v) is 6.37. The molecule has 1 saturated heterocycles.